The zero-order valence-corrected chi connectivity index (χ0v) is 14.7. The van der Waals surface area contributed by atoms with E-state index in [1.807, 2.05) is 6.92 Å². The van der Waals surface area contributed by atoms with Crippen molar-refractivity contribution in [3.05, 3.63) is 27.4 Å². The molecular weight excluding hydrogens is 394 g/mol. The van der Waals surface area contributed by atoms with E-state index >= 15 is 0 Å². The highest BCUT2D eigenvalue weighted by molar-refractivity contribution is 9.10. The van der Waals surface area contributed by atoms with Crippen molar-refractivity contribution in [2.24, 2.45) is 0 Å². The predicted octanol–water partition coefficient (Wildman–Crippen LogP) is 2.94. The summed E-state index contributed by atoms with van der Waals surface area (Å²) in [5, 5.41) is 2.91. The Bertz CT molecular complexity index is 520. The van der Waals surface area contributed by atoms with Crippen molar-refractivity contribution in [3.8, 4) is 0 Å². The number of hydrogen-bond acceptors (Lipinski definition) is 3. The molecule has 0 aromatic heterocycles. The molecule has 0 atom stereocenters. The first kappa shape index (κ1) is 20.1. The molecule has 0 bridgehead atoms. The molecule has 0 saturated carbocycles. The summed E-state index contributed by atoms with van der Waals surface area (Å²) in [7, 11) is -3.76. The van der Waals surface area contributed by atoms with E-state index in [4.69, 9.17) is 11.6 Å². The van der Waals surface area contributed by atoms with Crippen LogP contribution in [-0.4, -0.2) is 28.1 Å². The molecule has 0 aliphatic carbocycles. The van der Waals surface area contributed by atoms with Crippen molar-refractivity contribution in [2.75, 3.05) is 19.6 Å². The highest BCUT2D eigenvalue weighted by atomic mass is 79.9. The lowest BCUT2D eigenvalue weighted by molar-refractivity contribution is 0.574. The molecule has 0 fully saturated rings. The largest absolute Gasteiger partial charge is 0.315 e. The molecule has 9 heteroatoms. The van der Waals surface area contributed by atoms with Crippen LogP contribution in [-0.2, 0) is 10.0 Å². The van der Waals surface area contributed by atoms with E-state index in [0.29, 0.717) is 6.54 Å². The van der Waals surface area contributed by atoms with Crippen molar-refractivity contribution in [1.82, 2.24) is 10.0 Å². The van der Waals surface area contributed by atoms with Crippen LogP contribution >= 0.6 is 39.9 Å². The van der Waals surface area contributed by atoms with Crippen LogP contribution in [0, 0.1) is 5.82 Å². The number of nitrogens with one attached hydrogen (secondary N) is 2. The zero-order valence-electron chi connectivity index (χ0n) is 10.8. The monoisotopic (exact) mass is 408 g/mol. The van der Waals surface area contributed by atoms with Crippen LogP contribution in [0.2, 0.25) is 5.02 Å². The molecule has 0 aliphatic heterocycles. The second-order valence-electron chi connectivity index (χ2n) is 3.85. The van der Waals surface area contributed by atoms with Gasteiger partial charge in [-0.15, -0.1) is 12.4 Å². The average molecular weight is 410 g/mol. The molecule has 0 amide bonds. The molecular formula is C11H16BrCl2FN2O2S. The predicted molar refractivity (Wildman–Crippen MR) is 84.7 cm³/mol. The van der Waals surface area contributed by atoms with Crippen molar-refractivity contribution < 1.29 is 12.8 Å². The summed E-state index contributed by atoms with van der Waals surface area (Å²) in [4.78, 5) is -0.147. The van der Waals surface area contributed by atoms with Gasteiger partial charge in [-0.1, -0.05) is 18.5 Å². The van der Waals surface area contributed by atoms with E-state index in [1.54, 1.807) is 0 Å². The Kier molecular flexibility index (Phi) is 9.21. The maximum atomic E-state index is 13.0. The lowest BCUT2D eigenvalue weighted by atomic mass is 10.3. The second kappa shape index (κ2) is 9.17. The summed E-state index contributed by atoms with van der Waals surface area (Å²) in [6.45, 7) is 3.60. The lowest BCUT2D eigenvalue weighted by Gasteiger charge is -2.10. The molecule has 0 aliphatic rings. The molecule has 2 N–H and O–H groups in total. The van der Waals surface area contributed by atoms with Crippen molar-refractivity contribution in [2.45, 2.75) is 18.2 Å². The second-order valence-corrected chi connectivity index (χ2v) is 6.81. The van der Waals surface area contributed by atoms with Crippen LogP contribution in [0.25, 0.3) is 0 Å². The van der Waals surface area contributed by atoms with Gasteiger partial charge in [0.05, 0.1) is 5.02 Å². The van der Waals surface area contributed by atoms with Crippen molar-refractivity contribution in [3.63, 3.8) is 0 Å². The molecule has 0 unspecified atom stereocenters. The minimum atomic E-state index is -3.76. The molecule has 20 heavy (non-hydrogen) atoms. The molecule has 1 rings (SSSR count). The maximum absolute atomic E-state index is 13.0. The fourth-order valence-corrected chi connectivity index (χ4v) is 4.28. The van der Waals surface area contributed by atoms with Gasteiger partial charge in [0.25, 0.3) is 0 Å². The third-order valence-corrected chi connectivity index (χ3v) is 5.11. The van der Waals surface area contributed by atoms with Crippen LogP contribution in [0.5, 0.6) is 0 Å². The molecule has 0 spiro atoms. The fraction of sp³-hybridized carbons (Fsp3) is 0.455. The lowest BCUT2D eigenvalue weighted by Crippen LogP contribution is -2.32. The summed E-state index contributed by atoms with van der Waals surface area (Å²) in [5.74, 6) is -0.597. The molecule has 1 aromatic carbocycles. The number of rotatable bonds is 7. The third-order valence-electron chi connectivity index (χ3n) is 2.25. The maximum Gasteiger partial charge on any atom is 0.243 e. The summed E-state index contributed by atoms with van der Waals surface area (Å²) in [6, 6.07) is 2.03. The molecule has 4 nitrogen and oxygen atoms in total. The van der Waals surface area contributed by atoms with Gasteiger partial charge in [-0.3, -0.25) is 0 Å². The summed E-state index contributed by atoms with van der Waals surface area (Å²) in [6.07, 6.45) is 0.974. The number of hydrogen-bond donors (Lipinski definition) is 2. The Morgan fingerprint density at radius 2 is 1.95 bits per heavy atom. The first-order chi connectivity index (χ1) is 8.88. The zero-order chi connectivity index (χ0) is 14.5. The average Bonchev–Trinajstić information content (AvgIpc) is 2.26. The normalized spacial score (nSPS) is 11.2. The Morgan fingerprint density at radius 1 is 1.30 bits per heavy atom. The Morgan fingerprint density at radius 3 is 2.50 bits per heavy atom. The van der Waals surface area contributed by atoms with E-state index in [9.17, 15) is 12.8 Å². The van der Waals surface area contributed by atoms with E-state index < -0.39 is 15.8 Å². The van der Waals surface area contributed by atoms with Gasteiger partial charge in [0.1, 0.15) is 10.7 Å². The summed E-state index contributed by atoms with van der Waals surface area (Å²) < 4.78 is 39.6. The molecule has 1 aromatic rings. The third kappa shape index (κ3) is 5.83. The topological polar surface area (TPSA) is 58.2 Å². The van der Waals surface area contributed by atoms with Gasteiger partial charge in [0, 0.05) is 17.6 Å². The quantitative estimate of drug-likeness (QED) is 0.680. The standard InChI is InChI=1S/C11H15BrClFN2O2S.ClH/c1-2-3-15-4-5-16-19(17,18)11-9(12)6-8(14)7-10(11)13;/h6-7,15-16H,2-5H2,1H3;1H. The number of sulfonamides is 1. The summed E-state index contributed by atoms with van der Waals surface area (Å²) >= 11 is 8.79. The van der Waals surface area contributed by atoms with Gasteiger partial charge in [0.15, 0.2) is 0 Å². The summed E-state index contributed by atoms with van der Waals surface area (Å²) in [5.41, 5.74) is 0. The highest BCUT2D eigenvalue weighted by Crippen LogP contribution is 2.30. The van der Waals surface area contributed by atoms with E-state index in [0.717, 1.165) is 25.1 Å². The molecule has 0 heterocycles. The Balaban J connectivity index is 0.00000361. The molecule has 116 valence electrons. The molecule has 0 saturated heterocycles. The number of halogens is 4. The fourth-order valence-electron chi connectivity index (χ4n) is 1.43. The minimum absolute atomic E-state index is 0. The van der Waals surface area contributed by atoms with Crippen molar-refractivity contribution in [1.29, 1.82) is 0 Å². The van der Waals surface area contributed by atoms with Crippen molar-refractivity contribution >= 4 is 50.0 Å². The van der Waals surface area contributed by atoms with E-state index in [2.05, 4.69) is 26.0 Å². The first-order valence-corrected chi connectivity index (χ1v) is 8.39. The number of benzene rings is 1. The Labute approximate surface area is 138 Å². The smallest absolute Gasteiger partial charge is 0.243 e. The van der Waals surface area contributed by atoms with Gasteiger partial charge < -0.3 is 5.32 Å². The minimum Gasteiger partial charge on any atom is -0.315 e. The van der Waals surface area contributed by atoms with Crippen LogP contribution in [0.4, 0.5) is 4.39 Å². The first-order valence-electron chi connectivity index (χ1n) is 5.73. The molecule has 0 radical (unpaired) electrons. The van der Waals surface area contributed by atoms with Gasteiger partial charge in [-0.25, -0.2) is 17.5 Å². The van der Waals surface area contributed by atoms with Crippen LogP contribution in [0.1, 0.15) is 13.3 Å². The van der Waals surface area contributed by atoms with Gasteiger partial charge in [-0.2, -0.15) is 0 Å². The highest BCUT2D eigenvalue weighted by Gasteiger charge is 2.21. The van der Waals surface area contributed by atoms with E-state index in [1.165, 1.54) is 0 Å². The van der Waals surface area contributed by atoms with Gasteiger partial charge in [0.2, 0.25) is 10.0 Å². The van der Waals surface area contributed by atoms with Gasteiger partial charge >= 0.3 is 0 Å². The van der Waals surface area contributed by atoms with E-state index in [-0.39, 0.29) is 33.3 Å². The van der Waals surface area contributed by atoms with Crippen LogP contribution < -0.4 is 10.0 Å². The van der Waals surface area contributed by atoms with Crippen LogP contribution in [0.3, 0.4) is 0 Å². The van der Waals surface area contributed by atoms with Gasteiger partial charge in [-0.05, 0) is 41.0 Å². The van der Waals surface area contributed by atoms with Crippen LogP contribution in [0.15, 0.2) is 21.5 Å². The SMILES string of the molecule is CCCNCCNS(=O)(=O)c1c(Cl)cc(F)cc1Br.Cl. The Hall–Kier alpha value is 0.0800.